The van der Waals surface area contributed by atoms with Gasteiger partial charge in [0.2, 0.25) is 15.9 Å². The standard InChI is InChI=1S/C24H18ClF5N2O3S/c25-18-9-8-15-13-32(36(34,35)20-7-2-1-6-19(20)26)11-10-16(15)23(18)31-21(33)12-14-4-3-5-17(22(14)27)24(28,29)30/h1-9H,10-13H2,(H,31,33). The minimum Gasteiger partial charge on any atom is -0.324 e. The summed E-state index contributed by atoms with van der Waals surface area (Å²) in [4.78, 5) is 12.2. The van der Waals surface area contributed by atoms with E-state index < -0.39 is 56.2 Å². The molecule has 0 spiro atoms. The lowest BCUT2D eigenvalue weighted by atomic mass is 9.98. The molecule has 3 aromatic rings. The third kappa shape index (κ3) is 5.09. The van der Waals surface area contributed by atoms with Gasteiger partial charge >= 0.3 is 6.18 Å². The zero-order valence-electron chi connectivity index (χ0n) is 18.4. The number of nitrogens with zero attached hydrogens (tertiary/aromatic N) is 1. The Labute approximate surface area is 208 Å². The molecule has 0 aliphatic carbocycles. The second kappa shape index (κ2) is 9.79. The fourth-order valence-corrected chi connectivity index (χ4v) is 5.73. The van der Waals surface area contributed by atoms with E-state index >= 15 is 0 Å². The fourth-order valence-electron chi connectivity index (χ4n) is 4.03. The normalized spacial score (nSPS) is 14.4. The number of anilines is 1. The van der Waals surface area contributed by atoms with Crippen molar-refractivity contribution >= 4 is 33.2 Å². The van der Waals surface area contributed by atoms with Gasteiger partial charge in [0.25, 0.3) is 0 Å². The summed E-state index contributed by atoms with van der Waals surface area (Å²) in [6, 6.07) is 10.7. The van der Waals surface area contributed by atoms with Crippen LogP contribution in [-0.4, -0.2) is 25.2 Å². The van der Waals surface area contributed by atoms with Crippen molar-refractivity contribution in [2.75, 3.05) is 11.9 Å². The van der Waals surface area contributed by atoms with Crippen LogP contribution in [0.2, 0.25) is 5.02 Å². The van der Waals surface area contributed by atoms with Crippen molar-refractivity contribution in [2.45, 2.75) is 30.5 Å². The molecule has 12 heteroatoms. The summed E-state index contributed by atoms with van der Waals surface area (Å²) in [5.41, 5.74) is -0.717. The Morgan fingerprint density at radius 1 is 1.03 bits per heavy atom. The number of benzene rings is 3. The number of alkyl halides is 3. The largest absolute Gasteiger partial charge is 0.419 e. The summed E-state index contributed by atoms with van der Waals surface area (Å²) in [5, 5.41) is 2.64. The summed E-state index contributed by atoms with van der Waals surface area (Å²) in [6.45, 7) is -0.149. The van der Waals surface area contributed by atoms with Gasteiger partial charge < -0.3 is 5.32 Å². The van der Waals surface area contributed by atoms with E-state index in [1.165, 1.54) is 24.3 Å². The van der Waals surface area contributed by atoms with Gasteiger partial charge in [-0.2, -0.15) is 17.5 Å². The second-order valence-electron chi connectivity index (χ2n) is 8.08. The summed E-state index contributed by atoms with van der Waals surface area (Å²) >= 11 is 6.25. The molecule has 5 nitrogen and oxygen atoms in total. The molecule has 0 saturated carbocycles. The van der Waals surface area contributed by atoms with Crippen LogP contribution in [0.15, 0.2) is 59.5 Å². The van der Waals surface area contributed by atoms with E-state index in [4.69, 9.17) is 11.6 Å². The number of rotatable bonds is 5. The molecule has 190 valence electrons. The van der Waals surface area contributed by atoms with Crippen molar-refractivity contribution in [2.24, 2.45) is 0 Å². The van der Waals surface area contributed by atoms with Gasteiger partial charge in [-0.1, -0.05) is 41.9 Å². The SMILES string of the molecule is O=C(Cc1cccc(C(F)(F)F)c1F)Nc1c(Cl)ccc2c1CCN(S(=O)(=O)c1ccccc1F)C2. The summed E-state index contributed by atoms with van der Waals surface area (Å²) in [6.07, 6.45) is -5.46. The van der Waals surface area contributed by atoms with Crippen molar-refractivity contribution in [3.8, 4) is 0 Å². The predicted octanol–water partition coefficient (Wildman–Crippen LogP) is 5.57. The fraction of sp³-hybridized carbons (Fsp3) is 0.208. The van der Waals surface area contributed by atoms with Crippen molar-refractivity contribution in [1.82, 2.24) is 4.31 Å². The number of fused-ring (bicyclic) bond motifs is 1. The topological polar surface area (TPSA) is 66.5 Å². The first-order valence-corrected chi connectivity index (χ1v) is 12.4. The van der Waals surface area contributed by atoms with Gasteiger partial charge in [-0.05, 0) is 47.4 Å². The van der Waals surface area contributed by atoms with Crippen LogP contribution >= 0.6 is 11.6 Å². The molecule has 1 heterocycles. The van der Waals surface area contributed by atoms with Gasteiger partial charge in [0.1, 0.15) is 16.5 Å². The summed E-state index contributed by atoms with van der Waals surface area (Å²) in [7, 11) is -4.14. The third-order valence-electron chi connectivity index (χ3n) is 5.77. The number of carbonyl (C=O) groups excluding carboxylic acids is 1. The minimum absolute atomic E-state index is 0.0326. The molecular formula is C24H18ClF5N2O3S. The van der Waals surface area contributed by atoms with Crippen LogP contribution in [0, 0.1) is 11.6 Å². The second-order valence-corrected chi connectivity index (χ2v) is 10.4. The molecule has 0 aromatic heterocycles. The predicted molar refractivity (Wildman–Crippen MR) is 123 cm³/mol. The highest BCUT2D eigenvalue weighted by Crippen LogP contribution is 2.36. The first kappa shape index (κ1) is 26.1. The molecule has 3 aromatic carbocycles. The van der Waals surface area contributed by atoms with Crippen molar-refractivity contribution in [1.29, 1.82) is 0 Å². The first-order valence-electron chi connectivity index (χ1n) is 10.6. The molecule has 36 heavy (non-hydrogen) atoms. The van der Waals surface area contributed by atoms with E-state index in [1.807, 2.05) is 0 Å². The van der Waals surface area contributed by atoms with Crippen molar-refractivity contribution in [3.05, 3.63) is 93.5 Å². The zero-order chi connectivity index (χ0) is 26.3. The number of hydrogen-bond acceptors (Lipinski definition) is 3. The maximum atomic E-state index is 14.3. The van der Waals surface area contributed by atoms with Crippen LogP contribution in [0.5, 0.6) is 0 Å². The molecule has 1 aliphatic heterocycles. The third-order valence-corrected chi connectivity index (χ3v) is 7.96. The van der Waals surface area contributed by atoms with E-state index in [2.05, 4.69) is 5.32 Å². The summed E-state index contributed by atoms with van der Waals surface area (Å²) in [5.74, 6) is -3.21. The number of carbonyl (C=O) groups is 1. The Morgan fingerprint density at radius 2 is 1.75 bits per heavy atom. The summed E-state index contributed by atoms with van der Waals surface area (Å²) < 4.78 is 94.4. The van der Waals surface area contributed by atoms with Gasteiger partial charge in [0, 0.05) is 13.1 Å². The quantitative estimate of drug-likeness (QED) is 0.427. The van der Waals surface area contributed by atoms with Gasteiger partial charge in [-0.15, -0.1) is 0 Å². The number of nitrogens with one attached hydrogen (secondary N) is 1. The van der Waals surface area contributed by atoms with Crippen molar-refractivity contribution in [3.63, 3.8) is 0 Å². The van der Waals surface area contributed by atoms with Crippen LogP contribution in [0.1, 0.15) is 22.3 Å². The van der Waals surface area contributed by atoms with Gasteiger partial charge in [-0.25, -0.2) is 17.2 Å². The highest BCUT2D eigenvalue weighted by molar-refractivity contribution is 7.89. The van der Waals surface area contributed by atoms with Crippen LogP contribution in [0.3, 0.4) is 0 Å². The maximum absolute atomic E-state index is 14.3. The van der Waals surface area contributed by atoms with Gasteiger partial charge in [0.05, 0.1) is 22.7 Å². The Hall–Kier alpha value is -3.02. The number of halogens is 6. The molecular weight excluding hydrogens is 527 g/mol. The molecule has 0 radical (unpaired) electrons. The molecule has 0 bridgehead atoms. The molecule has 4 rings (SSSR count). The molecule has 1 amide bonds. The number of hydrogen-bond donors (Lipinski definition) is 1. The van der Waals surface area contributed by atoms with Crippen LogP contribution in [0.4, 0.5) is 27.6 Å². The Balaban J connectivity index is 1.57. The number of amides is 1. The van der Waals surface area contributed by atoms with E-state index in [0.29, 0.717) is 17.2 Å². The maximum Gasteiger partial charge on any atom is 0.419 e. The van der Waals surface area contributed by atoms with E-state index in [0.717, 1.165) is 22.5 Å². The van der Waals surface area contributed by atoms with Gasteiger partial charge in [-0.3, -0.25) is 4.79 Å². The monoisotopic (exact) mass is 544 g/mol. The van der Waals surface area contributed by atoms with Crippen LogP contribution in [0.25, 0.3) is 0 Å². The molecule has 0 saturated heterocycles. The number of sulfonamides is 1. The Bertz CT molecular complexity index is 1440. The molecule has 0 atom stereocenters. The highest BCUT2D eigenvalue weighted by Gasteiger charge is 2.35. The minimum atomic E-state index is -4.91. The lowest BCUT2D eigenvalue weighted by Crippen LogP contribution is -2.36. The molecule has 0 unspecified atom stereocenters. The van der Waals surface area contributed by atoms with E-state index in [-0.39, 0.29) is 30.2 Å². The van der Waals surface area contributed by atoms with Crippen LogP contribution < -0.4 is 5.32 Å². The molecule has 1 N–H and O–H groups in total. The Kier molecular flexibility index (Phi) is 7.09. The first-order chi connectivity index (χ1) is 16.9. The van der Waals surface area contributed by atoms with Gasteiger partial charge in [0.15, 0.2) is 0 Å². The Morgan fingerprint density at radius 3 is 2.44 bits per heavy atom. The smallest absolute Gasteiger partial charge is 0.324 e. The molecule has 0 fully saturated rings. The van der Waals surface area contributed by atoms with Crippen molar-refractivity contribution < 1.29 is 35.2 Å². The zero-order valence-corrected chi connectivity index (χ0v) is 19.9. The molecule has 1 aliphatic rings. The van der Waals surface area contributed by atoms with E-state index in [1.54, 1.807) is 6.07 Å². The highest BCUT2D eigenvalue weighted by atomic mass is 35.5. The average Bonchev–Trinajstić information content (AvgIpc) is 2.81. The lowest BCUT2D eigenvalue weighted by Gasteiger charge is -2.30. The van der Waals surface area contributed by atoms with E-state index in [9.17, 15) is 35.2 Å². The van der Waals surface area contributed by atoms with Crippen LogP contribution in [-0.2, 0) is 40.4 Å². The average molecular weight is 545 g/mol. The lowest BCUT2D eigenvalue weighted by molar-refractivity contribution is -0.140.